The predicted octanol–water partition coefficient (Wildman–Crippen LogP) is 3.18. The number of aryl methyl sites for hydroxylation is 1. The molecule has 1 N–H and O–H groups in total. The lowest BCUT2D eigenvalue weighted by Gasteiger charge is -2.10. The fourth-order valence-electron chi connectivity index (χ4n) is 1.75. The molecule has 1 aromatic carbocycles. The zero-order valence-electron chi connectivity index (χ0n) is 11.3. The summed E-state index contributed by atoms with van der Waals surface area (Å²) >= 11 is 0. The summed E-state index contributed by atoms with van der Waals surface area (Å²) in [5.41, 5.74) is 1.54. The molecule has 20 heavy (non-hydrogen) atoms. The Morgan fingerprint density at radius 1 is 1.35 bits per heavy atom. The van der Waals surface area contributed by atoms with Crippen molar-refractivity contribution in [1.82, 2.24) is 4.98 Å². The highest BCUT2D eigenvalue weighted by atomic mass is 19.1. The van der Waals surface area contributed by atoms with E-state index in [-0.39, 0.29) is 5.69 Å². The summed E-state index contributed by atoms with van der Waals surface area (Å²) in [6.45, 7) is 4.34. The quantitative estimate of drug-likeness (QED) is 0.871. The molecule has 0 aliphatic rings. The molecule has 0 aliphatic heterocycles. The maximum absolute atomic E-state index is 13.0. The summed E-state index contributed by atoms with van der Waals surface area (Å²) in [5.74, 6) is -0.385. The molecule has 1 heterocycles. The molecule has 2 rings (SSSR count). The van der Waals surface area contributed by atoms with Gasteiger partial charge in [-0.2, -0.15) is 4.39 Å². The van der Waals surface area contributed by atoms with Crippen LogP contribution in [0.5, 0.6) is 5.75 Å². The molecule has 0 saturated heterocycles. The standard InChI is InChI=1S/C15H15FN2O2/c1-3-20-11-7-8-12(10(2)9-11)18-15(19)13-5-4-6-14(16)17-13/h4-9H,3H2,1-2H3,(H,18,19). The summed E-state index contributed by atoms with van der Waals surface area (Å²) < 4.78 is 18.3. The number of carbonyl (C=O) groups is 1. The normalized spacial score (nSPS) is 10.2. The molecule has 5 heteroatoms. The van der Waals surface area contributed by atoms with Gasteiger partial charge in [-0.3, -0.25) is 4.79 Å². The Hall–Kier alpha value is -2.43. The van der Waals surface area contributed by atoms with E-state index >= 15 is 0 Å². The maximum atomic E-state index is 13.0. The first kappa shape index (κ1) is 14.0. The van der Waals surface area contributed by atoms with Crippen molar-refractivity contribution < 1.29 is 13.9 Å². The van der Waals surface area contributed by atoms with Gasteiger partial charge in [-0.25, -0.2) is 4.98 Å². The molecule has 0 saturated carbocycles. The van der Waals surface area contributed by atoms with E-state index in [4.69, 9.17) is 4.74 Å². The number of pyridine rings is 1. The van der Waals surface area contributed by atoms with Crippen molar-refractivity contribution in [1.29, 1.82) is 0 Å². The number of anilines is 1. The van der Waals surface area contributed by atoms with Gasteiger partial charge in [-0.05, 0) is 49.7 Å². The second kappa shape index (κ2) is 6.14. The summed E-state index contributed by atoms with van der Waals surface area (Å²) in [6.07, 6.45) is 0. The Morgan fingerprint density at radius 3 is 2.80 bits per heavy atom. The number of benzene rings is 1. The molecule has 1 amide bonds. The van der Waals surface area contributed by atoms with E-state index in [1.54, 1.807) is 12.1 Å². The van der Waals surface area contributed by atoms with Gasteiger partial charge in [0, 0.05) is 5.69 Å². The Balaban J connectivity index is 2.15. The Morgan fingerprint density at radius 2 is 2.15 bits per heavy atom. The highest BCUT2D eigenvalue weighted by Crippen LogP contribution is 2.21. The molecular weight excluding hydrogens is 259 g/mol. The van der Waals surface area contributed by atoms with Crippen molar-refractivity contribution in [3.8, 4) is 5.75 Å². The first-order valence-corrected chi connectivity index (χ1v) is 6.27. The molecule has 1 aromatic heterocycles. The second-order valence-electron chi connectivity index (χ2n) is 4.21. The van der Waals surface area contributed by atoms with Crippen LogP contribution in [0.15, 0.2) is 36.4 Å². The number of hydrogen-bond donors (Lipinski definition) is 1. The summed E-state index contributed by atoms with van der Waals surface area (Å²) in [5, 5.41) is 2.70. The van der Waals surface area contributed by atoms with Crippen LogP contribution in [-0.4, -0.2) is 17.5 Å². The van der Waals surface area contributed by atoms with Crippen molar-refractivity contribution in [3.63, 3.8) is 0 Å². The molecule has 0 spiro atoms. The number of amides is 1. The van der Waals surface area contributed by atoms with Gasteiger partial charge in [0.25, 0.3) is 5.91 Å². The van der Waals surface area contributed by atoms with Gasteiger partial charge in [-0.1, -0.05) is 6.07 Å². The minimum Gasteiger partial charge on any atom is -0.494 e. The van der Waals surface area contributed by atoms with Crippen LogP contribution in [0.2, 0.25) is 0 Å². The van der Waals surface area contributed by atoms with Gasteiger partial charge < -0.3 is 10.1 Å². The van der Waals surface area contributed by atoms with Crippen LogP contribution >= 0.6 is 0 Å². The number of hydrogen-bond acceptors (Lipinski definition) is 3. The SMILES string of the molecule is CCOc1ccc(NC(=O)c2cccc(F)n2)c(C)c1. The summed E-state index contributed by atoms with van der Waals surface area (Å²) in [6, 6.07) is 9.45. The van der Waals surface area contributed by atoms with Crippen LogP contribution in [0, 0.1) is 12.9 Å². The fourth-order valence-corrected chi connectivity index (χ4v) is 1.75. The first-order chi connectivity index (χ1) is 9.60. The average molecular weight is 274 g/mol. The number of nitrogens with zero attached hydrogens (tertiary/aromatic N) is 1. The smallest absolute Gasteiger partial charge is 0.274 e. The van der Waals surface area contributed by atoms with Gasteiger partial charge in [0.1, 0.15) is 11.4 Å². The third kappa shape index (κ3) is 3.32. The number of ether oxygens (including phenoxy) is 1. The van der Waals surface area contributed by atoms with Crippen LogP contribution in [0.1, 0.15) is 23.0 Å². The van der Waals surface area contributed by atoms with Crippen LogP contribution < -0.4 is 10.1 Å². The number of nitrogens with one attached hydrogen (secondary N) is 1. The Kier molecular flexibility index (Phi) is 4.30. The summed E-state index contributed by atoms with van der Waals surface area (Å²) in [4.78, 5) is 15.5. The minimum absolute atomic E-state index is 0.0401. The zero-order valence-corrected chi connectivity index (χ0v) is 11.3. The molecular formula is C15H15FN2O2. The van der Waals surface area contributed by atoms with Crippen molar-refractivity contribution in [2.24, 2.45) is 0 Å². The highest BCUT2D eigenvalue weighted by molar-refractivity contribution is 6.03. The highest BCUT2D eigenvalue weighted by Gasteiger charge is 2.10. The van der Waals surface area contributed by atoms with E-state index < -0.39 is 11.9 Å². The van der Waals surface area contributed by atoms with Crippen molar-refractivity contribution >= 4 is 11.6 Å². The molecule has 0 fully saturated rings. The zero-order chi connectivity index (χ0) is 14.5. The molecule has 104 valence electrons. The van der Waals surface area contributed by atoms with E-state index in [1.807, 2.05) is 19.9 Å². The molecule has 4 nitrogen and oxygen atoms in total. The third-order valence-corrected chi connectivity index (χ3v) is 2.70. The monoisotopic (exact) mass is 274 g/mol. The molecule has 2 aromatic rings. The van der Waals surface area contributed by atoms with Crippen LogP contribution in [-0.2, 0) is 0 Å². The molecule has 0 unspecified atom stereocenters. The lowest BCUT2D eigenvalue weighted by Crippen LogP contribution is -2.14. The van der Waals surface area contributed by atoms with Crippen LogP contribution in [0.4, 0.5) is 10.1 Å². The van der Waals surface area contributed by atoms with Gasteiger partial charge in [-0.15, -0.1) is 0 Å². The topological polar surface area (TPSA) is 51.2 Å². The van der Waals surface area contributed by atoms with E-state index in [1.165, 1.54) is 18.2 Å². The van der Waals surface area contributed by atoms with Gasteiger partial charge in [0.15, 0.2) is 0 Å². The third-order valence-electron chi connectivity index (χ3n) is 2.70. The molecule has 0 bridgehead atoms. The van der Waals surface area contributed by atoms with Crippen LogP contribution in [0.3, 0.4) is 0 Å². The fraction of sp³-hybridized carbons (Fsp3) is 0.200. The number of aromatic nitrogens is 1. The van der Waals surface area contributed by atoms with Gasteiger partial charge in [0.2, 0.25) is 5.95 Å². The van der Waals surface area contributed by atoms with Gasteiger partial charge in [0.05, 0.1) is 6.61 Å². The average Bonchev–Trinajstić information content (AvgIpc) is 2.42. The second-order valence-corrected chi connectivity index (χ2v) is 4.21. The van der Waals surface area contributed by atoms with Crippen molar-refractivity contribution in [2.45, 2.75) is 13.8 Å². The van der Waals surface area contributed by atoms with Crippen molar-refractivity contribution in [2.75, 3.05) is 11.9 Å². The van der Waals surface area contributed by atoms with Gasteiger partial charge >= 0.3 is 0 Å². The molecule has 0 radical (unpaired) electrons. The van der Waals surface area contributed by atoms with E-state index in [9.17, 15) is 9.18 Å². The lowest BCUT2D eigenvalue weighted by atomic mass is 10.2. The number of halogens is 1. The van der Waals surface area contributed by atoms with E-state index in [2.05, 4.69) is 10.3 Å². The summed E-state index contributed by atoms with van der Waals surface area (Å²) in [7, 11) is 0. The minimum atomic E-state index is -0.680. The first-order valence-electron chi connectivity index (χ1n) is 6.27. The van der Waals surface area contributed by atoms with Crippen LogP contribution in [0.25, 0.3) is 0 Å². The van der Waals surface area contributed by atoms with E-state index in [0.29, 0.717) is 12.3 Å². The Bertz CT molecular complexity index is 629. The van der Waals surface area contributed by atoms with Crippen molar-refractivity contribution in [3.05, 3.63) is 53.6 Å². The molecule has 0 aliphatic carbocycles. The maximum Gasteiger partial charge on any atom is 0.274 e. The Labute approximate surface area is 116 Å². The molecule has 0 atom stereocenters. The number of carbonyl (C=O) groups excluding carboxylic acids is 1. The lowest BCUT2D eigenvalue weighted by molar-refractivity contribution is 0.102. The predicted molar refractivity (Wildman–Crippen MR) is 74.5 cm³/mol. The van der Waals surface area contributed by atoms with E-state index in [0.717, 1.165) is 11.3 Å². The largest absolute Gasteiger partial charge is 0.494 e. The number of rotatable bonds is 4.